The van der Waals surface area contributed by atoms with Crippen molar-refractivity contribution in [2.24, 2.45) is 0 Å². The first-order chi connectivity index (χ1) is 14.0. The number of benzene rings is 1. The maximum absolute atomic E-state index is 6.27. The fraction of sp³-hybridized carbons (Fsp3) is 0.409. The molecule has 1 fully saturated rings. The summed E-state index contributed by atoms with van der Waals surface area (Å²) in [7, 11) is 3.95. The minimum absolute atomic E-state index is 0.246. The van der Waals surface area contributed by atoms with Gasteiger partial charge in [-0.05, 0) is 44.0 Å². The van der Waals surface area contributed by atoms with Crippen molar-refractivity contribution in [2.45, 2.75) is 38.9 Å². The number of nitrogens with zero attached hydrogens (tertiary/aromatic N) is 6. The molecule has 1 atom stereocenters. The van der Waals surface area contributed by atoms with Crippen LogP contribution in [0.5, 0.6) is 0 Å². The van der Waals surface area contributed by atoms with Crippen molar-refractivity contribution in [1.29, 1.82) is 0 Å². The molecule has 0 aliphatic carbocycles. The monoisotopic (exact) mass is 410 g/mol. The number of aryl methyl sites for hydroxylation is 1. The number of aromatic nitrogens is 4. The fourth-order valence-corrected chi connectivity index (χ4v) is 4.14. The Morgan fingerprint density at radius 1 is 1.24 bits per heavy atom. The minimum Gasteiger partial charge on any atom is -0.347 e. The Morgan fingerprint density at radius 2 is 2.10 bits per heavy atom. The van der Waals surface area contributed by atoms with E-state index in [4.69, 9.17) is 16.6 Å². The smallest absolute Gasteiger partial charge is 0.225 e. The van der Waals surface area contributed by atoms with E-state index in [2.05, 4.69) is 34.2 Å². The SMILES string of the molecule is CCn1cc(CN2CCCC2c2nc(N(C)C)ncc2-c2cccc(Cl)c2)cn1. The van der Waals surface area contributed by atoms with Gasteiger partial charge in [0.05, 0.1) is 17.9 Å². The average Bonchev–Trinajstić information content (AvgIpc) is 3.37. The maximum Gasteiger partial charge on any atom is 0.225 e. The third-order valence-electron chi connectivity index (χ3n) is 5.42. The van der Waals surface area contributed by atoms with Crippen LogP contribution in [-0.2, 0) is 13.1 Å². The number of hydrogen-bond acceptors (Lipinski definition) is 5. The average molecular weight is 411 g/mol. The summed E-state index contributed by atoms with van der Waals surface area (Å²) < 4.78 is 1.98. The van der Waals surface area contributed by atoms with Gasteiger partial charge in [0, 0.05) is 55.7 Å². The molecule has 3 aromatic rings. The molecule has 0 N–H and O–H groups in total. The van der Waals surface area contributed by atoms with Gasteiger partial charge in [-0.15, -0.1) is 0 Å². The number of anilines is 1. The molecule has 3 heterocycles. The summed E-state index contributed by atoms with van der Waals surface area (Å²) >= 11 is 6.27. The van der Waals surface area contributed by atoms with E-state index in [-0.39, 0.29) is 6.04 Å². The predicted octanol–water partition coefficient (Wildman–Crippen LogP) is 4.42. The number of hydrogen-bond donors (Lipinski definition) is 0. The van der Waals surface area contributed by atoms with Gasteiger partial charge in [0.15, 0.2) is 0 Å². The third-order valence-corrected chi connectivity index (χ3v) is 5.65. The van der Waals surface area contributed by atoms with Crippen LogP contribution in [0.25, 0.3) is 11.1 Å². The first-order valence-electron chi connectivity index (χ1n) is 10.1. The van der Waals surface area contributed by atoms with E-state index < -0.39 is 0 Å². The van der Waals surface area contributed by atoms with Crippen molar-refractivity contribution in [2.75, 3.05) is 25.5 Å². The summed E-state index contributed by atoms with van der Waals surface area (Å²) in [5, 5.41) is 5.15. The molecule has 7 heteroatoms. The van der Waals surface area contributed by atoms with Crippen LogP contribution >= 0.6 is 11.6 Å². The van der Waals surface area contributed by atoms with Crippen LogP contribution in [0.1, 0.15) is 37.1 Å². The van der Waals surface area contributed by atoms with Crippen LogP contribution in [-0.4, -0.2) is 45.3 Å². The molecule has 1 saturated heterocycles. The van der Waals surface area contributed by atoms with Gasteiger partial charge in [-0.2, -0.15) is 5.10 Å². The highest BCUT2D eigenvalue weighted by Crippen LogP contribution is 2.38. The van der Waals surface area contributed by atoms with Crippen molar-refractivity contribution >= 4 is 17.5 Å². The van der Waals surface area contributed by atoms with E-state index in [1.54, 1.807) is 0 Å². The van der Waals surface area contributed by atoms with E-state index in [0.29, 0.717) is 0 Å². The molecule has 0 saturated carbocycles. The van der Waals surface area contributed by atoms with Gasteiger partial charge in [0.25, 0.3) is 0 Å². The van der Waals surface area contributed by atoms with Gasteiger partial charge in [0.1, 0.15) is 0 Å². The Labute approximate surface area is 177 Å². The quantitative estimate of drug-likeness (QED) is 0.602. The zero-order valence-electron chi connectivity index (χ0n) is 17.2. The molecule has 0 spiro atoms. The minimum atomic E-state index is 0.246. The van der Waals surface area contributed by atoms with Crippen LogP contribution in [0.15, 0.2) is 42.9 Å². The molecule has 29 heavy (non-hydrogen) atoms. The molecular formula is C22H27ClN6. The van der Waals surface area contributed by atoms with Gasteiger partial charge in [-0.1, -0.05) is 23.7 Å². The molecule has 1 unspecified atom stereocenters. The van der Waals surface area contributed by atoms with E-state index in [1.807, 2.05) is 54.3 Å². The largest absolute Gasteiger partial charge is 0.347 e. The Morgan fingerprint density at radius 3 is 2.83 bits per heavy atom. The van der Waals surface area contributed by atoms with Crippen LogP contribution < -0.4 is 4.90 Å². The van der Waals surface area contributed by atoms with Gasteiger partial charge in [-0.25, -0.2) is 9.97 Å². The molecule has 0 bridgehead atoms. The molecule has 6 nitrogen and oxygen atoms in total. The molecule has 1 aliphatic heterocycles. The Hall–Kier alpha value is -2.44. The standard InChI is InChI=1S/C22H27ClN6/c1-4-29-15-16(12-25-29)14-28-10-6-9-20(28)21-19(13-24-22(26-21)27(2)3)17-7-5-8-18(23)11-17/h5,7-8,11-13,15,20H,4,6,9-10,14H2,1-3H3. The first-order valence-corrected chi connectivity index (χ1v) is 10.5. The van der Waals surface area contributed by atoms with Crippen molar-refractivity contribution in [3.63, 3.8) is 0 Å². The topological polar surface area (TPSA) is 50.1 Å². The second-order valence-corrected chi connectivity index (χ2v) is 8.14. The van der Waals surface area contributed by atoms with Gasteiger partial charge < -0.3 is 4.90 Å². The van der Waals surface area contributed by atoms with Crippen LogP contribution in [0.4, 0.5) is 5.95 Å². The number of rotatable bonds is 6. The highest BCUT2D eigenvalue weighted by molar-refractivity contribution is 6.30. The second kappa shape index (κ2) is 8.51. The summed E-state index contributed by atoms with van der Waals surface area (Å²) in [5.41, 5.74) is 4.43. The summed E-state index contributed by atoms with van der Waals surface area (Å²) in [6.45, 7) is 4.93. The fourth-order valence-electron chi connectivity index (χ4n) is 3.95. The lowest BCUT2D eigenvalue weighted by molar-refractivity contribution is 0.245. The predicted molar refractivity (Wildman–Crippen MR) is 117 cm³/mol. The number of likely N-dealkylation sites (tertiary alicyclic amines) is 1. The van der Waals surface area contributed by atoms with Crippen molar-refractivity contribution < 1.29 is 0 Å². The Bertz CT molecular complexity index is 983. The lowest BCUT2D eigenvalue weighted by atomic mass is 9.99. The van der Waals surface area contributed by atoms with E-state index in [0.717, 1.165) is 60.3 Å². The summed E-state index contributed by atoms with van der Waals surface area (Å²) in [5.74, 6) is 0.733. The van der Waals surface area contributed by atoms with Gasteiger partial charge in [0.2, 0.25) is 5.95 Å². The molecule has 2 aromatic heterocycles. The highest BCUT2D eigenvalue weighted by Gasteiger charge is 2.30. The molecule has 1 aliphatic rings. The Balaban J connectivity index is 1.71. The lowest BCUT2D eigenvalue weighted by Gasteiger charge is -2.26. The molecule has 0 radical (unpaired) electrons. The van der Waals surface area contributed by atoms with Crippen molar-refractivity contribution in [3.05, 3.63) is 59.1 Å². The zero-order valence-corrected chi connectivity index (χ0v) is 18.0. The van der Waals surface area contributed by atoms with Crippen LogP contribution in [0, 0.1) is 0 Å². The first kappa shape index (κ1) is 19.9. The number of halogens is 1. The molecular weight excluding hydrogens is 384 g/mol. The van der Waals surface area contributed by atoms with E-state index in [1.165, 1.54) is 5.56 Å². The van der Waals surface area contributed by atoms with Crippen molar-refractivity contribution in [3.8, 4) is 11.1 Å². The molecule has 152 valence electrons. The highest BCUT2D eigenvalue weighted by atomic mass is 35.5. The van der Waals surface area contributed by atoms with E-state index in [9.17, 15) is 0 Å². The van der Waals surface area contributed by atoms with Gasteiger partial charge in [-0.3, -0.25) is 9.58 Å². The van der Waals surface area contributed by atoms with Crippen molar-refractivity contribution in [1.82, 2.24) is 24.6 Å². The second-order valence-electron chi connectivity index (χ2n) is 7.71. The molecule has 1 aromatic carbocycles. The summed E-state index contributed by atoms with van der Waals surface area (Å²) in [4.78, 5) is 14.0. The maximum atomic E-state index is 6.27. The normalized spacial score (nSPS) is 17.0. The lowest BCUT2D eigenvalue weighted by Crippen LogP contribution is -2.25. The van der Waals surface area contributed by atoms with E-state index >= 15 is 0 Å². The molecule has 4 rings (SSSR count). The summed E-state index contributed by atoms with van der Waals surface area (Å²) in [6.07, 6.45) is 8.29. The Kier molecular flexibility index (Phi) is 5.83. The van der Waals surface area contributed by atoms with Crippen LogP contribution in [0.2, 0.25) is 5.02 Å². The van der Waals surface area contributed by atoms with Crippen LogP contribution in [0.3, 0.4) is 0 Å². The summed E-state index contributed by atoms with van der Waals surface area (Å²) in [6, 6.07) is 8.19. The zero-order chi connectivity index (χ0) is 20.4. The van der Waals surface area contributed by atoms with Gasteiger partial charge >= 0.3 is 0 Å². The molecule has 0 amide bonds. The third kappa shape index (κ3) is 4.28.